The Balaban J connectivity index is 2.17. The van der Waals surface area contributed by atoms with Gasteiger partial charge in [0.05, 0.1) is 12.4 Å². The molecule has 2 aromatic rings. The number of anilines is 1. The molecule has 0 spiro atoms. The highest BCUT2D eigenvalue weighted by Gasteiger charge is 2.20. The number of nitrogens with one attached hydrogen (secondary N) is 1. The first-order chi connectivity index (χ1) is 8.00. The van der Waals surface area contributed by atoms with Gasteiger partial charge in [-0.1, -0.05) is 0 Å². The Morgan fingerprint density at radius 3 is 2.82 bits per heavy atom. The lowest BCUT2D eigenvalue weighted by atomic mass is 10.0. The van der Waals surface area contributed by atoms with Crippen molar-refractivity contribution in [2.45, 2.75) is 19.4 Å². The van der Waals surface area contributed by atoms with Crippen LogP contribution in [0.2, 0.25) is 0 Å². The fourth-order valence-corrected chi connectivity index (χ4v) is 1.26. The summed E-state index contributed by atoms with van der Waals surface area (Å²) in [6, 6.07) is 0. The summed E-state index contributed by atoms with van der Waals surface area (Å²) in [6.07, 6.45) is 3.34. The van der Waals surface area contributed by atoms with E-state index in [1.807, 2.05) is 0 Å². The smallest absolute Gasteiger partial charge is 0.199 e. The molecule has 2 heterocycles. The molecule has 0 fully saturated rings. The van der Waals surface area contributed by atoms with E-state index in [0.717, 1.165) is 12.4 Å². The standard InChI is InChI=1S/C10H17N7/c1-10(2,16(3)4)7-12-8-5-11-6-9-13-14-15-17(8)9/h5-6,12H,7H2,1-4H3. The number of nitrogens with zero attached hydrogens (tertiary/aromatic N) is 6. The molecule has 2 aromatic heterocycles. The van der Waals surface area contributed by atoms with Gasteiger partial charge in [-0.05, 0) is 38.4 Å². The summed E-state index contributed by atoms with van der Waals surface area (Å²) < 4.78 is 1.64. The van der Waals surface area contributed by atoms with E-state index in [0.29, 0.717) is 5.65 Å². The summed E-state index contributed by atoms with van der Waals surface area (Å²) in [7, 11) is 4.11. The molecule has 0 aliphatic heterocycles. The topological polar surface area (TPSA) is 71.2 Å². The number of hydrogen-bond donors (Lipinski definition) is 1. The SMILES string of the molecule is CN(C)C(C)(C)CNc1cncc2nnnn12. The van der Waals surface area contributed by atoms with Crippen LogP contribution in [-0.2, 0) is 0 Å². The molecule has 0 saturated carbocycles. The van der Waals surface area contributed by atoms with E-state index in [-0.39, 0.29) is 5.54 Å². The van der Waals surface area contributed by atoms with Gasteiger partial charge in [0.15, 0.2) is 5.65 Å². The predicted molar refractivity (Wildman–Crippen MR) is 64.8 cm³/mol. The van der Waals surface area contributed by atoms with Gasteiger partial charge in [-0.2, -0.15) is 4.52 Å². The van der Waals surface area contributed by atoms with Crippen LogP contribution in [0.3, 0.4) is 0 Å². The van der Waals surface area contributed by atoms with Crippen LogP contribution in [0, 0.1) is 0 Å². The van der Waals surface area contributed by atoms with Gasteiger partial charge >= 0.3 is 0 Å². The molecule has 0 saturated heterocycles. The molecule has 0 bridgehead atoms. The quantitative estimate of drug-likeness (QED) is 0.820. The molecule has 0 aliphatic carbocycles. The maximum atomic E-state index is 4.09. The Kier molecular flexibility index (Phi) is 2.93. The van der Waals surface area contributed by atoms with E-state index in [1.165, 1.54) is 0 Å². The maximum Gasteiger partial charge on any atom is 0.199 e. The third-order valence-electron chi connectivity index (χ3n) is 3.02. The Hall–Kier alpha value is -1.76. The van der Waals surface area contributed by atoms with Crippen LogP contribution < -0.4 is 5.32 Å². The molecular formula is C10H17N7. The molecule has 17 heavy (non-hydrogen) atoms. The van der Waals surface area contributed by atoms with Crippen LogP contribution in [0.4, 0.5) is 5.82 Å². The average Bonchev–Trinajstić information content (AvgIpc) is 2.74. The van der Waals surface area contributed by atoms with Crippen molar-refractivity contribution >= 4 is 11.5 Å². The fourth-order valence-electron chi connectivity index (χ4n) is 1.26. The summed E-state index contributed by atoms with van der Waals surface area (Å²) in [6.45, 7) is 5.10. The normalized spacial score (nSPS) is 12.3. The van der Waals surface area contributed by atoms with Gasteiger partial charge in [-0.25, -0.2) is 0 Å². The minimum atomic E-state index is 0.0379. The van der Waals surface area contributed by atoms with Gasteiger partial charge < -0.3 is 10.2 Å². The van der Waals surface area contributed by atoms with Crippen LogP contribution in [0.15, 0.2) is 12.4 Å². The highest BCUT2D eigenvalue weighted by molar-refractivity contribution is 5.43. The molecular weight excluding hydrogens is 218 g/mol. The second-order valence-corrected chi connectivity index (χ2v) is 4.80. The number of likely N-dealkylation sites (N-methyl/N-ethyl adjacent to an activating group) is 1. The largest absolute Gasteiger partial charge is 0.367 e. The highest BCUT2D eigenvalue weighted by Crippen LogP contribution is 2.12. The van der Waals surface area contributed by atoms with E-state index in [2.05, 4.69) is 58.7 Å². The van der Waals surface area contributed by atoms with Crippen molar-refractivity contribution in [3.63, 3.8) is 0 Å². The van der Waals surface area contributed by atoms with Gasteiger partial charge in [0, 0.05) is 12.1 Å². The summed E-state index contributed by atoms with van der Waals surface area (Å²) >= 11 is 0. The highest BCUT2D eigenvalue weighted by atomic mass is 15.5. The summed E-state index contributed by atoms with van der Waals surface area (Å²) in [4.78, 5) is 6.25. The maximum absolute atomic E-state index is 4.09. The predicted octanol–water partition coefficient (Wildman–Crippen LogP) is 0.271. The lowest BCUT2D eigenvalue weighted by Crippen LogP contribution is -2.44. The molecule has 2 rings (SSSR count). The van der Waals surface area contributed by atoms with E-state index < -0.39 is 0 Å². The third-order valence-corrected chi connectivity index (χ3v) is 3.02. The molecule has 0 aromatic carbocycles. The number of aromatic nitrogens is 5. The van der Waals surface area contributed by atoms with Crippen molar-refractivity contribution in [3.8, 4) is 0 Å². The lowest BCUT2D eigenvalue weighted by Gasteiger charge is -2.32. The number of tetrazole rings is 1. The van der Waals surface area contributed by atoms with Crippen LogP contribution in [0.1, 0.15) is 13.8 Å². The van der Waals surface area contributed by atoms with Crippen LogP contribution >= 0.6 is 0 Å². The average molecular weight is 235 g/mol. The van der Waals surface area contributed by atoms with Gasteiger partial charge in [0.1, 0.15) is 5.82 Å². The molecule has 7 heteroatoms. The summed E-state index contributed by atoms with van der Waals surface area (Å²) in [5.74, 6) is 0.794. The Morgan fingerprint density at radius 2 is 2.12 bits per heavy atom. The van der Waals surface area contributed by atoms with Gasteiger partial charge in [0.2, 0.25) is 0 Å². The molecule has 0 unspecified atom stereocenters. The number of hydrogen-bond acceptors (Lipinski definition) is 6. The fraction of sp³-hybridized carbons (Fsp3) is 0.600. The minimum absolute atomic E-state index is 0.0379. The first kappa shape index (κ1) is 11.7. The van der Waals surface area contributed by atoms with Crippen molar-refractivity contribution in [2.24, 2.45) is 0 Å². The van der Waals surface area contributed by atoms with Gasteiger partial charge in [-0.15, -0.1) is 5.10 Å². The summed E-state index contributed by atoms with van der Waals surface area (Å²) in [5.41, 5.74) is 0.675. The first-order valence-corrected chi connectivity index (χ1v) is 5.44. The molecule has 92 valence electrons. The van der Waals surface area contributed by atoms with Crippen LogP contribution in [0.5, 0.6) is 0 Å². The lowest BCUT2D eigenvalue weighted by molar-refractivity contribution is 0.210. The van der Waals surface area contributed by atoms with Crippen molar-refractivity contribution < 1.29 is 0 Å². The molecule has 1 N–H and O–H groups in total. The van der Waals surface area contributed by atoms with Gasteiger partial charge in [0.25, 0.3) is 0 Å². The minimum Gasteiger partial charge on any atom is -0.367 e. The molecule has 7 nitrogen and oxygen atoms in total. The van der Waals surface area contributed by atoms with E-state index in [4.69, 9.17) is 0 Å². The Morgan fingerprint density at radius 1 is 1.35 bits per heavy atom. The molecule has 0 amide bonds. The van der Waals surface area contributed by atoms with Crippen molar-refractivity contribution in [2.75, 3.05) is 26.0 Å². The second kappa shape index (κ2) is 4.25. The monoisotopic (exact) mass is 235 g/mol. The number of rotatable bonds is 4. The van der Waals surface area contributed by atoms with E-state index in [9.17, 15) is 0 Å². The Bertz CT molecular complexity index is 502. The van der Waals surface area contributed by atoms with Crippen molar-refractivity contribution in [1.29, 1.82) is 0 Å². The Labute approximate surface area is 99.8 Å². The third kappa shape index (κ3) is 2.33. The van der Waals surface area contributed by atoms with Crippen molar-refractivity contribution in [3.05, 3.63) is 12.4 Å². The van der Waals surface area contributed by atoms with E-state index >= 15 is 0 Å². The zero-order valence-electron chi connectivity index (χ0n) is 10.5. The van der Waals surface area contributed by atoms with Crippen LogP contribution in [0.25, 0.3) is 5.65 Å². The van der Waals surface area contributed by atoms with Crippen LogP contribution in [-0.4, -0.2) is 56.1 Å². The summed E-state index contributed by atoms with van der Waals surface area (Å²) in [5, 5.41) is 14.7. The van der Waals surface area contributed by atoms with Crippen molar-refractivity contribution in [1.82, 2.24) is 29.9 Å². The first-order valence-electron chi connectivity index (χ1n) is 5.44. The van der Waals surface area contributed by atoms with Gasteiger partial charge in [-0.3, -0.25) is 4.98 Å². The molecule has 0 radical (unpaired) electrons. The molecule has 0 atom stereocenters. The number of fused-ring (bicyclic) bond motifs is 1. The second-order valence-electron chi connectivity index (χ2n) is 4.80. The molecule has 0 aliphatic rings. The zero-order valence-corrected chi connectivity index (χ0v) is 10.5. The zero-order chi connectivity index (χ0) is 12.5. The van der Waals surface area contributed by atoms with E-state index in [1.54, 1.807) is 16.9 Å².